The number of thioether (sulfide) groups is 1. The second-order valence-electron chi connectivity index (χ2n) is 4.69. The van der Waals surface area contributed by atoms with Crippen LogP contribution in [-0.2, 0) is 0 Å². The summed E-state index contributed by atoms with van der Waals surface area (Å²) < 4.78 is 0. The van der Waals surface area contributed by atoms with Gasteiger partial charge in [0.25, 0.3) is 0 Å². The van der Waals surface area contributed by atoms with Gasteiger partial charge in [-0.3, -0.25) is 0 Å². The van der Waals surface area contributed by atoms with Crippen LogP contribution in [0, 0.1) is 5.92 Å². The Morgan fingerprint density at radius 3 is 2.88 bits per heavy atom. The zero-order valence-corrected chi connectivity index (χ0v) is 11.5. The molecule has 1 fully saturated rings. The Kier molecular flexibility index (Phi) is 3.76. The minimum atomic E-state index is 0.521. The summed E-state index contributed by atoms with van der Waals surface area (Å²) >= 11 is 1.53. The van der Waals surface area contributed by atoms with E-state index in [1.165, 1.54) is 24.6 Å². The molecule has 1 aliphatic rings. The Hall–Kier alpha value is -0.970. The van der Waals surface area contributed by atoms with Crippen LogP contribution in [0.15, 0.2) is 11.2 Å². The zero-order valence-electron chi connectivity index (χ0n) is 10.7. The molecule has 94 valence electrons. The van der Waals surface area contributed by atoms with E-state index in [4.69, 9.17) is 5.73 Å². The molecule has 0 saturated carbocycles. The molecule has 17 heavy (non-hydrogen) atoms. The van der Waals surface area contributed by atoms with Gasteiger partial charge in [-0.15, -0.1) is 0 Å². The van der Waals surface area contributed by atoms with Crippen molar-refractivity contribution in [1.29, 1.82) is 0 Å². The van der Waals surface area contributed by atoms with Crippen molar-refractivity contribution in [3.05, 3.63) is 6.07 Å². The second kappa shape index (κ2) is 5.12. The fourth-order valence-electron chi connectivity index (χ4n) is 2.33. The number of aromatic nitrogens is 2. The first-order valence-electron chi connectivity index (χ1n) is 6.07. The summed E-state index contributed by atoms with van der Waals surface area (Å²) in [4.78, 5) is 11.1. The van der Waals surface area contributed by atoms with Gasteiger partial charge in [0.05, 0.1) is 0 Å². The number of nitrogens with two attached hydrogens (primary N) is 1. The SMILES string of the molecule is CSc1nc(N)cc(N2CCCC(C)C2C)n1. The lowest BCUT2D eigenvalue weighted by Gasteiger charge is -2.38. The van der Waals surface area contributed by atoms with Crippen molar-refractivity contribution in [1.82, 2.24) is 9.97 Å². The average molecular weight is 252 g/mol. The lowest BCUT2D eigenvalue weighted by molar-refractivity contribution is 0.361. The standard InChI is InChI=1S/C12H20N4S/c1-8-5-4-6-16(9(8)2)11-7-10(13)14-12(15-11)17-3/h7-9H,4-6H2,1-3H3,(H2,13,14,15). The van der Waals surface area contributed by atoms with Gasteiger partial charge in [0, 0.05) is 18.7 Å². The molecule has 1 saturated heterocycles. The molecule has 0 aliphatic carbocycles. The molecule has 0 amide bonds. The van der Waals surface area contributed by atoms with Gasteiger partial charge in [-0.25, -0.2) is 9.97 Å². The van der Waals surface area contributed by atoms with Gasteiger partial charge in [-0.2, -0.15) is 0 Å². The minimum Gasteiger partial charge on any atom is -0.383 e. The van der Waals surface area contributed by atoms with E-state index >= 15 is 0 Å². The first-order chi connectivity index (χ1) is 8.11. The highest BCUT2D eigenvalue weighted by Gasteiger charge is 2.26. The quantitative estimate of drug-likeness (QED) is 0.647. The third-order valence-corrected chi connectivity index (χ3v) is 4.11. The summed E-state index contributed by atoms with van der Waals surface area (Å²) in [5.41, 5.74) is 5.83. The maximum Gasteiger partial charge on any atom is 0.191 e. The fraction of sp³-hybridized carbons (Fsp3) is 0.667. The molecule has 1 aliphatic heterocycles. The van der Waals surface area contributed by atoms with Crippen LogP contribution in [0.25, 0.3) is 0 Å². The summed E-state index contributed by atoms with van der Waals surface area (Å²) in [7, 11) is 0. The predicted octanol–water partition coefficient (Wildman–Crippen LogP) is 2.41. The van der Waals surface area contributed by atoms with Gasteiger partial charge in [0.1, 0.15) is 11.6 Å². The summed E-state index contributed by atoms with van der Waals surface area (Å²) in [5, 5.41) is 0.755. The maximum atomic E-state index is 5.83. The Morgan fingerprint density at radius 1 is 1.41 bits per heavy atom. The number of hydrogen-bond donors (Lipinski definition) is 1. The zero-order chi connectivity index (χ0) is 12.4. The van der Waals surface area contributed by atoms with E-state index < -0.39 is 0 Å². The van der Waals surface area contributed by atoms with Crippen LogP contribution in [0.3, 0.4) is 0 Å². The van der Waals surface area contributed by atoms with Crippen molar-refractivity contribution in [3.63, 3.8) is 0 Å². The van der Waals surface area contributed by atoms with Crippen LogP contribution in [0.4, 0.5) is 11.6 Å². The molecule has 2 heterocycles. The Bertz CT molecular complexity index is 396. The number of rotatable bonds is 2. The molecular formula is C12H20N4S. The molecule has 2 unspecified atom stereocenters. The molecule has 5 heteroatoms. The van der Waals surface area contributed by atoms with Crippen molar-refractivity contribution in [2.24, 2.45) is 5.92 Å². The minimum absolute atomic E-state index is 0.521. The third-order valence-electron chi connectivity index (χ3n) is 3.56. The molecule has 2 rings (SSSR count). The molecule has 4 nitrogen and oxygen atoms in total. The average Bonchev–Trinajstić information content (AvgIpc) is 2.31. The molecule has 0 radical (unpaired) electrons. The van der Waals surface area contributed by atoms with Crippen molar-refractivity contribution >= 4 is 23.4 Å². The van der Waals surface area contributed by atoms with Crippen LogP contribution >= 0.6 is 11.8 Å². The van der Waals surface area contributed by atoms with Crippen molar-refractivity contribution in [2.75, 3.05) is 23.4 Å². The van der Waals surface area contributed by atoms with Gasteiger partial charge < -0.3 is 10.6 Å². The number of nitrogens with zero attached hydrogens (tertiary/aromatic N) is 3. The normalized spacial score (nSPS) is 25.0. The Balaban J connectivity index is 2.29. The highest BCUT2D eigenvalue weighted by molar-refractivity contribution is 7.98. The van der Waals surface area contributed by atoms with Crippen molar-refractivity contribution in [2.45, 2.75) is 37.9 Å². The molecule has 0 spiro atoms. The molecule has 2 atom stereocenters. The van der Waals surface area contributed by atoms with Gasteiger partial charge in [-0.05, 0) is 31.9 Å². The van der Waals surface area contributed by atoms with Crippen LogP contribution in [0.1, 0.15) is 26.7 Å². The summed E-state index contributed by atoms with van der Waals surface area (Å²) in [5.74, 6) is 2.24. The fourth-order valence-corrected chi connectivity index (χ4v) is 2.71. The highest BCUT2D eigenvalue weighted by Crippen LogP contribution is 2.28. The molecule has 1 aromatic rings. The van der Waals surface area contributed by atoms with Crippen molar-refractivity contribution < 1.29 is 0 Å². The van der Waals surface area contributed by atoms with E-state index in [1.54, 1.807) is 0 Å². The Morgan fingerprint density at radius 2 is 2.18 bits per heavy atom. The van der Waals surface area contributed by atoms with Gasteiger partial charge >= 0.3 is 0 Å². The number of nitrogen functional groups attached to an aromatic ring is 1. The Labute approximate surface area is 107 Å². The van der Waals surface area contributed by atoms with E-state index in [2.05, 4.69) is 28.7 Å². The first kappa shape index (κ1) is 12.5. The van der Waals surface area contributed by atoms with Crippen LogP contribution < -0.4 is 10.6 Å². The number of piperidine rings is 1. The summed E-state index contributed by atoms with van der Waals surface area (Å²) in [6.07, 6.45) is 4.50. The van der Waals surface area contributed by atoms with Crippen LogP contribution in [0.2, 0.25) is 0 Å². The third kappa shape index (κ3) is 2.65. The topological polar surface area (TPSA) is 55.0 Å². The lowest BCUT2D eigenvalue weighted by Crippen LogP contribution is -2.43. The van der Waals surface area contributed by atoms with E-state index in [0.29, 0.717) is 17.8 Å². The van der Waals surface area contributed by atoms with E-state index in [9.17, 15) is 0 Å². The first-order valence-corrected chi connectivity index (χ1v) is 7.29. The summed E-state index contributed by atoms with van der Waals surface area (Å²) in [6.45, 7) is 5.63. The highest BCUT2D eigenvalue weighted by atomic mass is 32.2. The van der Waals surface area contributed by atoms with E-state index in [-0.39, 0.29) is 0 Å². The number of anilines is 2. The van der Waals surface area contributed by atoms with Gasteiger partial charge in [0.15, 0.2) is 5.16 Å². The molecule has 2 N–H and O–H groups in total. The van der Waals surface area contributed by atoms with Gasteiger partial charge in [-0.1, -0.05) is 18.7 Å². The molecular weight excluding hydrogens is 232 g/mol. The largest absolute Gasteiger partial charge is 0.383 e. The lowest BCUT2D eigenvalue weighted by atomic mass is 9.92. The monoisotopic (exact) mass is 252 g/mol. The van der Waals surface area contributed by atoms with Crippen LogP contribution in [0.5, 0.6) is 0 Å². The molecule has 0 aromatic carbocycles. The van der Waals surface area contributed by atoms with Crippen LogP contribution in [-0.4, -0.2) is 28.8 Å². The number of hydrogen-bond acceptors (Lipinski definition) is 5. The molecule has 0 bridgehead atoms. The van der Waals surface area contributed by atoms with E-state index in [0.717, 1.165) is 17.5 Å². The maximum absolute atomic E-state index is 5.83. The smallest absolute Gasteiger partial charge is 0.191 e. The predicted molar refractivity (Wildman–Crippen MR) is 73.4 cm³/mol. The van der Waals surface area contributed by atoms with Gasteiger partial charge in [0.2, 0.25) is 0 Å². The molecule has 1 aromatic heterocycles. The van der Waals surface area contributed by atoms with Crippen molar-refractivity contribution in [3.8, 4) is 0 Å². The summed E-state index contributed by atoms with van der Waals surface area (Å²) in [6, 6.07) is 2.40. The second-order valence-corrected chi connectivity index (χ2v) is 5.46. The van der Waals surface area contributed by atoms with E-state index in [1.807, 2.05) is 12.3 Å².